The van der Waals surface area contributed by atoms with E-state index < -0.39 is 0 Å². The van der Waals surface area contributed by atoms with Crippen LogP contribution < -0.4 is 0 Å². The number of likely N-dealkylation sites (tertiary alicyclic amines) is 1. The number of rotatable bonds is 5. The highest BCUT2D eigenvalue weighted by Gasteiger charge is 2.30. The van der Waals surface area contributed by atoms with Crippen LogP contribution in [0.2, 0.25) is 0 Å². The van der Waals surface area contributed by atoms with E-state index in [9.17, 15) is 0 Å². The molecule has 2 aliphatic rings. The van der Waals surface area contributed by atoms with Crippen molar-refractivity contribution in [3.8, 4) is 0 Å². The number of aliphatic hydroxyl groups is 1. The first-order valence-corrected chi connectivity index (χ1v) is 7.01. The minimum absolute atomic E-state index is 0.298. The molecule has 1 saturated carbocycles. The zero-order chi connectivity index (χ0) is 12.4. The van der Waals surface area contributed by atoms with Gasteiger partial charge in [0.1, 0.15) is 0 Å². The lowest BCUT2D eigenvalue weighted by Crippen LogP contribution is -2.35. The van der Waals surface area contributed by atoms with Gasteiger partial charge in [0.05, 0.1) is 6.54 Å². The van der Waals surface area contributed by atoms with E-state index in [2.05, 4.69) is 15.0 Å². The molecule has 0 aromatic carbocycles. The molecule has 1 atom stereocenters. The van der Waals surface area contributed by atoms with Gasteiger partial charge in [-0.3, -0.25) is 4.90 Å². The maximum absolute atomic E-state index is 9.01. The van der Waals surface area contributed by atoms with E-state index in [1.165, 1.54) is 25.7 Å². The Morgan fingerprint density at radius 3 is 3.00 bits per heavy atom. The number of aromatic nitrogens is 2. The first kappa shape index (κ1) is 12.1. The second-order valence-electron chi connectivity index (χ2n) is 5.58. The summed E-state index contributed by atoms with van der Waals surface area (Å²) in [5, 5.41) is 13.1. The highest BCUT2D eigenvalue weighted by Crippen LogP contribution is 2.38. The number of aliphatic hydroxyl groups excluding tert-OH is 1. The lowest BCUT2D eigenvalue weighted by molar-refractivity contribution is 0.139. The average molecular weight is 251 g/mol. The summed E-state index contributed by atoms with van der Waals surface area (Å²) in [7, 11) is 0. The first-order chi connectivity index (χ1) is 8.85. The second-order valence-corrected chi connectivity index (χ2v) is 5.58. The van der Waals surface area contributed by atoms with Crippen LogP contribution in [0.3, 0.4) is 0 Å². The van der Waals surface area contributed by atoms with Gasteiger partial charge >= 0.3 is 0 Å². The predicted molar refractivity (Wildman–Crippen MR) is 66.0 cm³/mol. The summed E-state index contributed by atoms with van der Waals surface area (Å²) in [4.78, 5) is 6.85. The lowest BCUT2D eigenvalue weighted by atomic mass is 9.95. The molecule has 3 rings (SSSR count). The number of hydrogen-bond donors (Lipinski definition) is 1. The first-order valence-electron chi connectivity index (χ1n) is 7.01. The molecule has 5 heteroatoms. The number of hydrogen-bond acceptors (Lipinski definition) is 5. The molecule has 0 spiro atoms. The van der Waals surface area contributed by atoms with Crippen LogP contribution in [0, 0.1) is 5.92 Å². The Bertz CT molecular complexity index is 387. The van der Waals surface area contributed by atoms with Crippen LogP contribution in [0.25, 0.3) is 0 Å². The van der Waals surface area contributed by atoms with Crippen molar-refractivity contribution in [2.24, 2.45) is 5.92 Å². The van der Waals surface area contributed by atoms with E-state index in [0.717, 1.165) is 37.8 Å². The SMILES string of the molecule is OCCC1CCCN(Cc2noc(C3CC3)n2)C1. The summed E-state index contributed by atoms with van der Waals surface area (Å²) < 4.78 is 5.28. The van der Waals surface area contributed by atoms with Crippen molar-refractivity contribution in [1.29, 1.82) is 0 Å². The predicted octanol–water partition coefficient (Wildman–Crippen LogP) is 1.54. The van der Waals surface area contributed by atoms with Gasteiger partial charge in [-0.15, -0.1) is 0 Å². The van der Waals surface area contributed by atoms with Gasteiger partial charge in [0.15, 0.2) is 5.82 Å². The standard InChI is InChI=1S/C13H21N3O2/c17-7-5-10-2-1-6-16(8-10)9-12-14-13(18-15-12)11-3-4-11/h10-11,17H,1-9H2. The van der Waals surface area contributed by atoms with Crippen LogP contribution in [-0.2, 0) is 6.54 Å². The molecule has 5 nitrogen and oxygen atoms in total. The Balaban J connectivity index is 1.54. The van der Waals surface area contributed by atoms with E-state index in [1.807, 2.05) is 0 Å². The van der Waals surface area contributed by atoms with Crippen LogP contribution in [0.4, 0.5) is 0 Å². The van der Waals surface area contributed by atoms with Gasteiger partial charge in [0.25, 0.3) is 0 Å². The summed E-state index contributed by atoms with van der Waals surface area (Å²) in [5.74, 6) is 2.81. The molecule has 2 heterocycles. The van der Waals surface area contributed by atoms with Crippen LogP contribution in [0.5, 0.6) is 0 Å². The minimum Gasteiger partial charge on any atom is -0.396 e. The maximum atomic E-state index is 9.01. The Morgan fingerprint density at radius 2 is 2.22 bits per heavy atom. The van der Waals surface area contributed by atoms with Gasteiger partial charge in [-0.1, -0.05) is 5.16 Å². The van der Waals surface area contributed by atoms with Crippen LogP contribution in [-0.4, -0.2) is 39.8 Å². The van der Waals surface area contributed by atoms with Crippen molar-refractivity contribution >= 4 is 0 Å². The number of piperidine rings is 1. The largest absolute Gasteiger partial charge is 0.396 e. The molecule has 18 heavy (non-hydrogen) atoms. The normalized spacial score (nSPS) is 25.5. The van der Waals surface area contributed by atoms with Gasteiger partial charge < -0.3 is 9.63 Å². The Hall–Kier alpha value is -0.940. The molecular formula is C13H21N3O2. The maximum Gasteiger partial charge on any atom is 0.229 e. The molecule has 1 aromatic heterocycles. The van der Waals surface area contributed by atoms with Crippen LogP contribution in [0.1, 0.15) is 49.7 Å². The molecule has 1 unspecified atom stereocenters. The lowest BCUT2D eigenvalue weighted by Gasteiger charge is -2.31. The molecule has 1 aliphatic carbocycles. The van der Waals surface area contributed by atoms with Crippen molar-refractivity contribution in [2.45, 2.75) is 44.6 Å². The highest BCUT2D eigenvalue weighted by atomic mass is 16.5. The third kappa shape index (κ3) is 2.90. The minimum atomic E-state index is 0.298. The zero-order valence-electron chi connectivity index (χ0n) is 10.7. The van der Waals surface area contributed by atoms with Crippen molar-refractivity contribution in [2.75, 3.05) is 19.7 Å². The molecule has 2 fully saturated rings. The Morgan fingerprint density at radius 1 is 1.33 bits per heavy atom. The second kappa shape index (κ2) is 5.36. The molecule has 1 N–H and O–H groups in total. The molecule has 0 amide bonds. The quantitative estimate of drug-likeness (QED) is 0.860. The van der Waals surface area contributed by atoms with Crippen molar-refractivity contribution in [3.63, 3.8) is 0 Å². The Labute approximate surface area is 107 Å². The molecule has 1 saturated heterocycles. The molecule has 0 radical (unpaired) electrons. The molecule has 0 bridgehead atoms. The molecule has 1 aromatic rings. The van der Waals surface area contributed by atoms with Gasteiger partial charge in [-0.25, -0.2) is 0 Å². The van der Waals surface area contributed by atoms with E-state index in [0.29, 0.717) is 18.4 Å². The summed E-state index contributed by atoms with van der Waals surface area (Å²) >= 11 is 0. The van der Waals surface area contributed by atoms with Crippen molar-refractivity contribution in [3.05, 3.63) is 11.7 Å². The van der Waals surface area contributed by atoms with Crippen molar-refractivity contribution in [1.82, 2.24) is 15.0 Å². The highest BCUT2D eigenvalue weighted by molar-refractivity contribution is 5.01. The van der Waals surface area contributed by atoms with E-state index in [1.54, 1.807) is 0 Å². The summed E-state index contributed by atoms with van der Waals surface area (Å²) in [6, 6.07) is 0. The fraction of sp³-hybridized carbons (Fsp3) is 0.846. The van der Waals surface area contributed by atoms with E-state index in [4.69, 9.17) is 9.63 Å². The molecule has 1 aliphatic heterocycles. The average Bonchev–Trinajstić information content (AvgIpc) is 3.12. The van der Waals surface area contributed by atoms with Gasteiger partial charge in [0, 0.05) is 19.1 Å². The van der Waals surface area contributed by atoms with Gasteiger partial charge in [-0.05, 0) is 44.6 Å². The Kier molecular flexibility index (Phi) is 3.61. The fourth-order valence-electron chi connectivity index (χ4n) is 2.74. The zero-order valence-corrected chi connectivity index (χ0v) is 10.7. The summed E-state index contributed by atoms with van der Waals surface area (Å²) in [6.07, 6.45) is 5.75. The van der Waals surface area contributed by atoms with Gasteiger partial charge in [-0.2, -0.15) is 4.98 Å². The van der Waals surface area contributed by atoms with E-state index >= 15 is 0 Å². The monoisotopic (exact) mass is 251 g/mol. The molecular weight excluding hydrogens is 230 g/mol. The van der Waals surface area contributed by atoms with Gasteiger partial charge in [0.2, 0.25) is 5.89 Å². The van der Waals surface area contributed by atoms with Crippen LogP contribution >= 0.6 is 0 Å². The summed E-state index contributed by atoms with van der Waals surface area (Å²) in [6.45, 7) is 3.24. The van der Waals surface area contributed by atoms with Crippen LogP contribution in [0.15, 0.2) is 4.52 Å². The third-order valence-corrected chi connectivity index (χ3v) is 3.92. The topological polar surface area (TPSA) is 62.4 Å². The van der Waals surface area contributed by atoms with Crippen molar-refractivity contribution < 1.29 is 9.63 Å². The van der Waals surface area contributed by atoms with E-state index in [-0.39, 0.29) is 0 Å². The number of nitrogens with zero attached hydrogens (tertiary/aromatic N) is 3. The smallest absolute Gasteiger partial charge is 0.229 e. The third-order valence-electron chi connectivity index (χ3n) is 3.92. The summed E-state index contributed by atoms with van der Waals surface area (Å²) in [5.41, 5.74) is 0. The molecule has 100 valence electrons. The fourth-order valence-corrected chi connectivity index (χ4v) is 2.74.